The molecule has 1 saturated carbocycles. The third-order valence-electron chi connectivity index (χ3n) is 8.47. The molecule has 1 aliphatic heterocycles. The van der Waals surface area contributed by atoms with Gasteiger partial charge in [-0.3, -0.25) is 9.59 Å². The van der Waals surface area contributed by atoms with Crippen LogP contribution in [0.3, 0.4) is 0 Å². The molecule has 10 heteroatoms. The Bertz CT molecular complexity index is 1330. The topological polar surface area (TPSA) is 107 Å². The molecule has 1 aromatic carbocycles. The number of likely N-dealkylation sites (N-methyl/N-ethyl adjacent to an activating group) is 1. The third-order valence-corrected chi connectivity index (χ3v) is 8.47. The largest absolute Gasteiger partial charge is 0.364 e. The van der Waals surface area contributed by atoms with Crippen LogP contribution in [0.4, 0.5) is 10.1 Å². The van der Waals surface area contributed by atoms with Crippen LogP contribution in [0.5, 0.6) is 0 Å². The molecule has 0 unspecified atom stereocenters. The van der Waals surface area contributed by atoms with Gasteiger partial charge in [0.1, 0.15) is 29.2 Å². The average molecular weight is 539 g/mol. The number of imidazole rings is 1. The van der Waals surface area contributed by atoms with Gasteiger partial charge in [0.25, 0.3) is 5.91 Å². The molecule has 0 bridgehead atoms. The number of anilines is 1. The van der Waals surface area contributed by atoms with Gasteiger partial charge in [-0.25, -0.2) is 9.37 Å². The molecule has 0 spiro atoms. The number of carbonyl (C=O) groups is 2. The van der Waals surface area contributed by atoms with Gasteiger partial charge in [-0.1, -0.05) is 31.8 Å². The Morgan fingerprint density at radius 2 is 1.97 bits per heavy atom. The normalized spacial score (nSPS) is 22.6. The van der Waals surface area contributed by atoms with Crippen LogP contribution in [0.15, 0.2) is 22.9 Å². The molecule has 0 radical (unpaired) electrons. The second-order valence-electron chi connectivity index (χ2n) is 11.4. The number of rotatable bonds is 7. The molecule has 1 saturated heterocycles. The van der Waals surface area contributed by atoms with Crippen LogP contribution < -0.4 is 10.2 Å². The number of fused-ring (bicyclic) bond motifs is 1. The number of amides is 2. The van der Waals surface area contributed by atoms with E-state index in [9.17, 15) is 9.59 Å². The molecule has 2 aliphatic rings. The first kappa shape index (κ1) is 27.1. The van der Waals surface area contributed by atoms with E-state index in [1.165, 1.54) is 6.26 Å². The highest BCUT2D eigenvalue weighted by atomic mass is 19.1. The van der Waals surface area contributed by atoms with Gasteiger partial charge < -0.3 is 24.6 Å². The highest BCUT2D eigenvalue weighted by molar-refractivity contribution is 5.95. The summed E-state index contributed by atoms with van der Waals surface area (Å²) in [4.78, 5) is 37.7. The number of nitrogens with one attached hydrogen (secondary N) is 2. The SMILES string of the molecule is CCc1nocc1C(=O)N[C@H](c1nc2c(F)c(N3CCCC[C@H]3C(=O)N(C)C)ccc2[nH]1)[C@H]1CC[C@H](C)CC1. The van der Waals surface area contributed by atoms with E-state index in [4.69, 9.17) is 9.51 Å². The monoisotopic (exact) mass is 538 g/mol. The maximum atomic E-state index is 16.1. The summed E-state index contributed by atoms with van der Waals surface area (Å²) in [7, 11) is 3.47. The number of carbonyl (C=O) groups excluding carboxylic acids is 2. The fraction of sp³-hybridized carbons (Fsp3) is 0.586. The summed E-state index contributed by atoms with van der Waals surface area (Å²) >= 11 is 0. The van der Waals surface area contributed by atoms with E-state index in [2.05, 4.69) is 22.4 Å². The molecule has 2 atom stereocenters. The molecule has 2 amide bonds. The molecule has 1 aliphatic carbocycles. The van der Waals surface area contributed by atoms with E-state index in [1.807, 2.05) is 17.9 Å². The molecule has 3 aromatic rings. The number of aromatic amines is 1. The summed E-state index contributed by atoms with van der Waals surface area (Å²) in [5.74, 6) is 0.622. The summed E-state index contributed by atoms with van der Waals surface area (Å²) in [6.07, 6.45) is 8.52. The summed E-state index contributed by atoms with van der Waals surface area (Å²) in [5, 5.41) is 7.12. The van der Waals surface area contributed by atoms with E-state index >= 15 is 4.39 Å². The van der Waals surface area contributed by atoms with Crippen molar-refractivity contribution in [3.8, 4) is 0 Å². The minimum atomic E-state index is -0.442. The molecular formula is C29H39FN6O3. The number of H-pyrrole nitrogens is 1. The maximum Gasteiger partial charge on any atom is 0.257 e. The van der Waals surface area contributed by atoms with Gasteiger partial charge in [-0.15, -0.1) is 0 Å². The summed E-state index contributed by atoms with van der Waals surface area (Å²) in [5.41, 5.74) is 2.21. The lowest BCUT2D eigenvalue weighted by molar-refractivity contribution is -0.130. The predicted molar refractivity (Wildman–Crippen MR) is 147 cm³/mol. The van der Waals surface area contributed by atoms with Crippen molar-refractivity contribution < 1.29 is 18.5 Å². The Kier molecular flexibility index (Phi) is 7.91. The van der Waals surface area contributed by atoms with Gasteiger partial charge >= 0.3 is 0 Å². The maximum absolute atomic E-state index is 16.1. The first-order chi connectivity index (χ1) is 18.8. The molecule has 210 valence electrons. The molecule has 2 aromatic heterocycles. The van der Waals surface area contributed by atoms with Crippen molar-refractivity contribution >= 4 is 28.5 Å². The lowest BCUT2D eigenvalue weighted by Crippen LogP contribution is -2.49. The fourth-order valence-electron chi connectivity index (χ4n) is 6.14. The standard InChI is InChI=1S/C29H39FN6O3/c1-5-20-19(16-39-34-20)28(37)33-25(18-11-9-17(2)10-12-18)27-31-21-13-14-22(24(30)26(21)32-27)36-15-7-6-8-23(36)29(38)35(3)4/h13-14,16-18,23,25H,5-12,15H2,1-4H3,(H,31,32)(H,33,37)/t17-,18-,23-,25-/m0/s1. The molecular weight excluding hydrogens is 499 g/mol. The van der Waals surface area contributed by atoms with Gasteiger partial charge in [0, 0.05) is 20.6 Å². The van der Waals surface area contributed by atoms with Crippen molar-refractivity contribution in [1.29, 1.82) is 0 Å². The van der Waals surface area contributed by atoms with Crippen molar-refractivity contribution in [1.82, 2.24) is 25.3 Å². The zero-order chi connectivity index (χ0) is 27.7. The second-order valence-corrected chi connectivity index (χ2v) is 11.4. The molecule has 3 heterocycles. The first-order valence-electron chi connectivity index (χ1n) is 14.2. The molecule has 39 heavy (non-hydrogen) atoms. The smallest absolute Gasteiger partial charge is 0.257 e. The number of hydrogen-bond acceptors (Lipinski definition) is 6. The number of piperidine rings is 1. The van der Waals surface area contributed by atoms with Crippen molar-refractivity contribution in [2.75, 3.05) is 25.5 Å². The van der Waals surface area contributed by atoms with Crippen molar-refractivity contribution in [3.05, 3.63) is 41.3 Å². The number of hydrogen-bond donors (Lipinski definition) is 2. The minimum Gasteiger partial charge on any atom is -0.364 e. The van der Waals surface area contributed by atoms with Crippen molar-refractivity contribution in [2.45, 2.75) is 77.3 Å². The van der Waals surface area contributed by atoms with Gasteiger partial charge in [0.05, 0.1) is 22.9 Å². The average Bonchev–Trinajstić information content (AvgIpc) is 3.60. The van der Waals surface area contributed by atoms with E-state index in [1.54, 1.807) is 25.1 Å². The number of benzene rings is 1. The Morgan fingerprint density at radius 3 is 2.69 bits per heavy atom. The quantitative estimate of drug-likeness (QED) is 0.439. The third kappa shape index (κ3) is 5.38. The second kappa shape index (κ2) is 11.4. The van der Waals surface area contributed by atoms with Crippen LogP contribution in [-0.2, 0) is 11.2 Å². The fourth-order valence-corrected chi connectivity index (χ4v) is 6.14. The van der Waals surface area contributed by atoms with E-state index in [-0.39, 0.29) is 23.2 Å². The van der Waals surface area contributed by atoms with Crippen LogP contribution in [0, 0.1) is 17.7 Å². The van der Waals surface area contributed by atoms with E-state index < -0.39 is 17.9 Å². The first-order valence-corrected chi connectivity index (χ1v) is 14.2. The van der Waals surface area contributed by atoms with Crippen LogP contribution in [0.25, 0.3) is 11.0 Å². The highest BCUT2D eigenvalue weighted by Crippen LogP contribution is 2.38. The summed E-state index contributed by atoms with van der Waals surface area (Å²) < 4.78 is 21.2. The summed E-state index contributed by atoms with van der Waals surface area (Å²) in [6.45, 7) is 4.79. The number of halogens is 1. The molecule has 2 fully saturated rings. The lowest BCUT2D eigenvalue weighted by Gasteiger charge is -2.37. The number of aromatic nitrogens is 3. The molecule has 5 rings (SSSR count). The Morgan fingerprint density at radius 1 is 1.21 bits per heavy atom. The number of nitrogens with zero attached hydrogens (tertiary/aromatic N) is 4. The van der Waals surface area contributed by atoms with Gasteiger partial charge in [-0.05, 0) is 62.5 Å². The lowest BCUT2D eigenvalue weighted by atomic mass is 9.79. The Balaban J connectivity index is 1.49. The van der Waals surface area contributed by atoms with Gasteiger partial charge in [0.2, 0.25) is 5.91 Å². The van der Waals surface area contributed by atoms with Crippen LogP contribution in [0.1, 0.15) is 86.7 Å². The summed E-state index contributed by atoms with van der Waals surface area (Å²) in [6, 6.07) is 2.76. The zero-order valence-electron chi connectivity index (χ0n) is 23.3. The highest BCUT2D eigenvalue weighted by Gasteiger charge is 2.34. The molecule has 9 nitrogen and oxygen atoms in total. The van der Waals surface area contributed by atoms with Crippen LogP contribution in [-0.4, -0.2) is 58.5 Å². The van der Waals surface area contributed by atoms with Gasteiger partial charge in [-0.2, -0.15) is 0 Å². The Labute approximate surface area is 228 Å². The number of aryl methyl sites for hydroxylation is 1. The van der Waals surface area contributed by atoms with Crippen molar-refractivity contribution in [3.63, 3.8) is 0 Å². The van der Waals surface area contributed by atoms with Crippen LogP contribution in [0.2, 0.25) is 0 Å². The molecule has 2 N–H and O–H groups in total. The van der Waals surface area contributed by atoms with E-state index in [0.717, 1.165) is 38.5 Å². The zero-order valence-corrected chi connectivity index (χ0v) is 23.3. The van der Waals surface area contributed by atoms with Crippen LogP contribution >= 0.6 is 0 Å². The van der Waals surface area contributed by atoms with E-state index in [0.29, 0.717) is 53.6 Å². The Hall–Kier alpha value is -3.43. The minimum absolute atomic E-state index is 0.0218. The predicted octanol–water partition coefficient (Wildman–Crippen LogP) is 5.00. The van der Waals surface area contributed by atoms with Gasteiger partial charge in [0.15, 0.2) is 5.82 Å². The van der Waals surface area contributed by atoms with Crippen molar-refractivity contribution in [2.24, 2.45) is 11.8 Å².